The van der Waals surface area contributed by atoms with Crippen LogP contribution in [-0.2, 0) is 6.54 Å². The van der Waals surface area contributed by atoms with Gasteiger partial charge >= 0.3 is 0 Å². The number of nitrogens with one attached hydrogen (secondary N) is 2. The summed E-state index contributed by atoms with van der Waals surface area (Å²) in [5.41, 5.74) is 5.34. The van der Waals surface area contributed by atoms with Crippen LogP contribution in [0, 0.1) is 0 Å². The minimum Gasteiger partial charge on any atom is -0.395 e. The molecular formula is C20H17N9O. The lowest BCUT2D eigenvalue weighted by atomic mass is 10.0. The van der Waals surface area contributed by atoms with Crippen LogP contribution < -0.4 is 5.32 Å². The third-order valence-electron chi connectivity index (χ3n) is 4.67. The van der Waals surface area contributed by atoms with Crippen molar-refractivity contribution >= 4 is 22.7 Å². The second-order valence-corrected chi connectivity index (χ2v) is 6.59. The van der Waals surface area contributed by atoms with Crippen LogP contribution in [-0.4, -0.2) is 51.9 Å². The highest BCUT2D eigenvalue weighted by molar-refractivity contribution is 5.95. The van der Waals surface area contributed by atoms with Crippen LogP contribution in [0.2, 0.25) is 0 Å². The maximum Gasteiger partial charge on any atom is 0.227 e. The van der Waals surface area contributed by atoms with Gasteiger partial charge in [0.25, 0.3) is 0 Å². The molecule has 0 unspecified atom stereocenters. The molecular weight excluding hydrogens is 382 g/mol. The molecule has 0 atom stereocenters. The summed E-state index contributed by atoms with van der Waals surface area (Å²) in [6.07, 6.45) is 5.03. The number of imidazole rings is 1. The van der Waals surface area contributed by atoms with E-state index in [0.717, 1.165) is 27.8 Å². The summed E-state index contributed by atoms with van der Waals surface area (Å²) in [7, 11) is 0. The highest BCUT2D eigenvalue weighted by Gasteiger charge is 2.13. The molecule has 0 aliphatic heterocycles. The summed E-state index contributed by atoms with van der Waals surface area (Å²) in [5.74, 6) is 0.947. The predicted octanol–water partition coefficient (Wildman–Crippen LogP) is 2.41. The van der Waals surface area contributed by atoms with Crippen LogP contribution in [0.3, 0.4) is 0 Å². The number of hydrogen-bond donors (Lipinski definition) is 3. The zero-order valence-electron chi connectivity index (χ0n) is 15.8. The SMILES string of the molecule is OCCn1cnc2cc(Nc3ncc(-c4nnn[nH]4)cn3)cc(-c3ccccc3)c21. The number of nitrogens with zero attached hydrogens (tertiary/aromatic N) is 7. The fourth-order valence-electron chi connectivity index (χ4n) is 3.32. The number of aromatic amines is 1. The van der Waals surface area contributed by atoms with Gasteiger partial charge in [-0.15, -0.1) is 5.10 Å². The average molecular weight is 399 g/mol. The molecule has 0 aliphatic carbocycles. The molecule has 3 aromatic heterocycles. The molecule has 30 heavy (non-hydrogen) atoms. The Morgan fingerprint density at radius 2 is 1.83 bits per heavy atom. The van der Waals surface area contributed by atoms with Gasteiger partial charge in [-0.25, -0.2) is 20.1 Å². The molecule has 0 amide bonds. The standard InChI is InChI=1S/C20H17N9O/c30-7-6-29-12-23-17-9-15(8-16(18(17)29)13-4-2-1-3-5-13)24-20-21-10-14(11-22-20)19-25-27-28-26-19/h1-5,8-12,30H,6-7H2,(H,21,22,24)(H,25,26,27,28). The van der Waals surface area contributed by atoms with Crippen LogP contribution in [0.4, 0.5) is 11.6 Å². The lowest BCUT2D eigenvalue weighted by Gasteiger charge is -2.12. The van der Waals surface area contributed by atoms with E-state index >= 15 is 0 Å². The van der Waals surface area contributed by atoms with E-state index in [9.17, 15) is 5.11 Å². The number of rotatable bonds is 6. The van der Waals surface area contributed by atoms with Crippen molar-refractivity contribution in [1.82, 2.24) is 40.1 Å². The number of hydrogen-bond acceptors (Lipinski definition) is 8. The second kappa shape index (κ2) is 7.68. The van der Waals surface area contributed by atoms with Gasteiger partial charge < -0.3 is 15.0 Å². The molecule has 3 N–H and O–H groups in total. The second-order valence-electron chi connectivity index (χ2n) is 6.59. The maximum absolute atomic E-state index is 9.41. The number of tetrazole rings is 1. The van der Waals surface area contributed by atoms with Gasteiger partial charge in [-0.1, -0.05) is 30.3 Å². The van der Waals surface area contributed by atoms with Gasteiger partial charge in [0, 0.05) is 30.2 Å². The Morgan fingerprint density at radius 3 is 2.57 bits per heavy atom. The molecule has 0 saturated carbocycles. The number of aliphatic hydroxyl groups excluding tert-OH is 1. The van der Waals surface area contributed by atoms with Gasteiger partial charge in [0.1, 0.15) is 0 Å². The fourth-order valence-corrected chi connectivity index (χ4v) is 3.32. The van der Waals surface area contributed by atoms with Gasteiger partial charge in [0.2, 0.25) is 5.95 Å². The largest absolute Gasteiger partial charge is 0.395 e. The number of aromatic nitrogens is 8. The first-order valence-electron chi connectivity index (χ1n) is 9.30. The lowest BCUT2D eigenvalue weighted by molar-refractivity contribution is 0.278. The van der Waals surface area contributed by atoms with Crippen molar-refractivity contribution in [2.24, 2.45) is 0 Å². The monoisotopic (exact) mass is 399 g/mol. The Morgan fingerprint density at radius 1 is 1.00 bits per heavy atom. The molecule has 10 heteroatoms. The topological polar surface area (TPSA) is 130 Å². The van der Waals surface area contributed by atoms with Crippen LogP contribution in [0.5, 0.6) is 0 Å². The molecule has 0 spiro atoms. The fraction of sp³-hybridized carbons (Fsp3) is 0.100. The molecule has 0 fully saturated rings. The Bertz CT molecular complexity index is 1270. The van der Waals surface area contributed by atoms with Crippen LogP contribution in [0.1, 0.15) is 0 Å². The first-order chi connectivity index (χ1) is 14.8. The van der Waals surface area contributed by atoms with Gasteiger partial charge in [0.05, 0.1) is 29.5 Å². The number of benzene rings is 2. The first kappa shape index (κ1) is 17.9. The van der Waals surface area contributed by atoms with Gasteiger partial charge in [-0.2, -0.15) is 0 Å². The number of H-pyrrole nitrogens is 1. The van der Waals surface area contributed by atoms with Crippen molar-refractivity contribution in [3.8, 4) is 22.5 Å². The van der Waals surface area contributed by atoms with Crippen LogP contribution >= 0.6 is 0 Å². The Hall–Kier alpha value is -4.18. The van der Waals surface area contributed by atoms with E-state index in [0.29, 0.717) is 23.9 Å². The van der Waals surface area contributed by atoms with Crippen LogP contribution in [0.15, 0.2) is 61.2 Å². The van der Waals surface area contributed by atoms with Crippen molar-refractivity contribution in [3.63, 3.8) is 0 Å². The number of anilines is 2. The maximum atomic E-state index is 9.41. The molecule has 5 rings (SSSR count). The molecule has 10 nitrogen and oxygen atoms in total. The third kappa shape index (κ3) is 3.35. The minimum atomic E-state index is 0.0423. The Balaban J connectivity index is 1.53. The van der Waals surface area contributed by atoms with E-state index in [1.165, 1.54) is 0 Å². The zero-order chi connectivity index (χ0) is 20.3. The number of aliphatic hydroxyl groups is 1. The van der Waals surface area contributed by atoms with Crippen molar-refractivity contribution in [3.05, 3.63) is 61.2 Å². The van der Waals surface area contributed by atoms with E-state index in [1.54, 1.807) is 18.7 Å². The highest BCUT2D eigenvalue weighted by Crippen LogP contribution is 2.32. The summed E-state index contributed by atoms with van der Waals surface area (Å²) in [6.45, 7) is 0.519. The van der Waals surface area contributed by atoms with E-state index in [4.69, 9.17) is 0 Å². The third-order valence-corrected chi connectivity index (χ3v) is 4.67. The van der Waals surface area contributed by atoms with Crippen molar-refractivity contribution < 1.29 is 5.11 Å². The molecule has 5 aromatic rings. The normalized spacial score (nSPS) is 11.1. The zero-order valence-corrected chi connectivity index (χ0v) is 15.8. The Kier molecular flexibility index (Phi) is 4.58. The molecule has 148 valence electrons. The summed E-state index contributed by atoms with van der Waals surface area (Å²) < 4.78 is 1.96. The van der Waals surface area contributed by atoms with E-state index in [2.05, 4.69) is 40.9 Å². The van der Waals surface area contributed by atoms with Gasteiger partial charge in [-0.05, 0) is 28.1 Å². The first-order valence-corrected chi connectivity index (χ1v) is 9.30. The number of fused-ring (bicyclic) bond motifs is 1. The average Bonchev–Trinajstić information content (AvgIpc) is 3.46. The summed E-state index contributed by atoms with van der Waals surface area (Å²) in [4.78, 5) is 13.2. The van der Waals surface area contributed by atoms with Crippen LogP contribution in [0.25, 0.3) is 33.5 Å². The van der Waals surface area contributed by atoms with Crippen molar-refractivity contribution in [2.45, 2.75) is 6.54 Å². The predicted molar refractivity (Wildman–Crippen MR) is 111 cm³/mol. The highest BCUT2D eigenvalue weighted by atomic mass is 16.3. The Labute approximate surface area is 170 Å². The molecule has 0 saturated heterocycles. The smallest absolute Gasteiger partial charge is 0.227 e. The van der Waals surface area contributed by atoms with Crippen molar-refractivity contribution in [1.29, 1.82) is 0 Å². The summed E-state index contributed by atoms with van der Waals surface area (Å²) in [6, 6.07) is 14.0. The van der Waals surface area contributed by atoms with E-state index in [-0.39, 0.29) is 6.61 Å². The quantitative estimate of drug-likeness (QED) is 0.397. The lowest BCUT2D eigenvalue weighted by Crippen LogP contribution is -2.02. The molecule has 0 radical (unpaired) electrons. The summed E-state index contributed by atoms with van der Waals surface area (Å²) >= 11 is 0. The summed E-state index contributed by atoms with van der Waals surface area (Å²) in [5, 5.41) is 26.3. The molecule has 2 aromatic carbocycles. The van der Waals surface area contributed by atoms with E-state index < -0.39 is 0 Å². The molecule has 0 bridgehead atoms. The minimum absolute atomic E-state index is 0.0423. The van der Waals surface area contributed by atoms with E-state index in [1.807, 2.05) is 47.0 Å². The van der Waals surface area contributed by atoms with Gasteiger partial charge in [-0.3, -0.25) is 0 Å². The molecule has 0 aliphatic rings. The molecule has 3 heterocycles. The van der Waals surface area contributed by atoms with Crippen molar-refractivity contribution in [2.75, 3.05) is 11.9 Å². The van der Waals surface area contributed by atoms with Gasteiger partial charge in [0.15, 0.2) is 5.82 Å².